The second-order valence-corrected chi connectivity index (χ2v) is 17.4. The van der Waals surface area contributed by atoms with Crippen LogP contribution in [0.5, 0.6) is 0 Å². The maximum absolute atomic E-state index is 12.4. The molecule has 0 fully saturated rings. The van der Waals surface area contributed by atoms with E-state index in [1.165, 1.54) is 0 Å². The molecular formula is C48H51N6NaO8S. The Kier molecular flexibility index (Phi) is 14.6. The molecule has 0 bridgehead atoms. The van der Waals surface area contributed by atoms with Crippen LogP contribution in [0.15, 0.2) is 118 Å². The van der Waals surface area contributed by atoms with E-state index in [1.807, 2.05) is 130 Å². The van der Waals surface area contributed by atoms with Gasteiger partial charge in [0.25, 0.3) is 0 Å². The Labute approximate surface area is 395 Å². The van der Waals surface area contributed by atoms with Gasteiger partial charge in [-0.3, -0.25) is 8.98 Å². The Morgan fingerprint density at radius 3 is 1.61 bits per heavy atom. The molecule has 16 heteroatoms. The number of H-pyrrole nitrogens is 2. The van der Waals surface area contributed by atoms with Crippen molar-refractivity contribution < 1.29 is 65.7 Å². The Hall–Kier alpha value is -5.68. The summed E-state index contributed by atoms with van der Waals surface area (Å²) in [5.41, 5.74) is 12.2. The normalized spacial score (nSPS) is 15.2. The van der Waals surface area contributed by atoms with E-state index in [4.69, 9.17) is 24.2 Å². The summed E-state index contributed by atoms with van der Waals surface area (Å²) in [4.78, 5) is 28.7. The van der Waals surface area contributed by atoms with E-state index in [1.54, 1.807) is 14.2 Å². The summed E-state index contributed by atoms with van der Waals surface area (Å²) in [5.74, 6) is 1.06. The summed E-state index contributed by atoms with van der Waals surface area (Å²) < 4.78 is 57.6. The first-order valence-corrected chi connectivity index (χ1v) is 21.7. The molecule has 2 aliphatic heterocycles. The SMILES string of the molecule is COC1=CC(c2cc3ccccc3n2CCOS(=O)(=O)[O-])=N/C1=C\c1[nH]c(C)cc1C.COC1=CC(c2cc3ccccc3n2COC(=O)C(C)(C)C)=N/C1=C\c1[nH]c(C)cc1C.[Na+]. The van der Waals surface area contributed by atoms with Crippen LogP contribution in [-0.2, 0) is 46.9 Å². The number of hydrogen-bond acceptors (Lipinski definition) is 10. The Balaban J connectivity index is 0.000000209. The number of fused-ring (bicyclic) bond motifs is 2. The number of carbonyl (C=O) groups excluding carboxylic acids is 1. The van der Waals surface area contributed by atoms with E-state index < -0.39 is 15.8 Å². The molecule has 328 valence electrons. The number of benzene rings is 2. The number of aromatic amines is 2. The fourth-order valence-electron chi connectivity index (χ4n) is 7.49. The maximum atomic E-state index is 12.4. The zero-order valence-corrected chi connectivity index (χ0v) is 40.6. The van der Waals surface area contributed by atoms with Crippen LogP contribution in [0.2, 0.25) is 0 Å². The van der Waals surface area contributed by atoms with Crippen LogP contribution in [-0.4, -0.2) is 70.3 Å². The summed E-state index contributed by atoms with van der Waals surface area (Å²) in [7, 11) is -1.52. The van der Waals surface area contributed by atoms with E-state index in [2.05, 4.69) is 39.3 Å². The van der Waals surface area contributed by atoms with Gasteiger partial charge in [0, 0.05) is 57.8 Å². The van der Waals surface area contributed by atoms with Crippen molar-refractivity contribution in [2.75, 3.05) is 20.8 Å². The molecule has 2 aliphatic rings. The van der Waals surface area contributed by atoms with Crippen molar-refractivity contribution in [1.29, 1.82) is 0 Å². The Bertz CT molecular complexity index is 3040. The van der Waals surface area contributed by atoms with E-state index in [-0.39, 0.29) is 55.4 Å². The van der Waals surface area contributed by atoms with Gasteiger partial charge in [-0.15, -0.1) is 0 Å². The summed E-state index contributed by atoms with van der Waals surface area (Å²) in [6, 6.07) is 23.9. The number of aliphatic imine (C=N–C) groups is 2. The first-order valence-electron chi connectivity index (χ1n) is 20.3. The first kappa shape index (κ1) is 47.8. The van der Waals surface area contributed by atoms with Gasteiger partial charge in [0.2, 0.25) is 10.4 Å². The van der Waals surface area contributed by atoms with E-state index >= 15 is 0 Å². The van der Waals surface area contributed by atoms with Crippen LogP contribution in [0, 0.1) is 33.1 Å². The molecule has 64 heavy (non-hydrogen) atoms. The third-order valence-electron chi connectivity index (χ3n) is 10.5. The molecule has 0 spiro atoms. The van der Waals surface area contributed by atoms with Crippen molar-refractivity contribution in [2.24, 2.45) is 15.4 Å². The molecule has 4 aromatic heterocycles. The molecule has 2 aromatic carbocycles. The smallest absolute Gasteiger partial charge is 0.726 e. The molecule has 6 aromatic rings. The molecule has 0 saturated carbocycles. The molecule has 6 heterocycles. The average Bonchev–Trinajstić information content (AvgIpc) is 4.08. The molecule has 0 aliphatic carbocycles. The van der Waals surface area contributed by atoms with Crippen LogP contribution in [0.1, 0.15) is 66.1 Å². The summed E-state index contributed by atoms with van der Waals surface area (Å²) >= 11 is 0. The number of nitrogens with one attached hydrogen (secondary N) is 2. The van der Waals surface area contributed by atoms with E-state index in [9.17, 15) is 17.8 Å². The third-order valence-corrected chi connectivity index (χ3v) is 11.0. The van der Waals surface area contributed by atoms with Gasteiger partial charge in [0.1, 0.15) is 22.9 Å². The number of hydrogen-bond donors (Lipinski definition) is 2. The number of allylic oxidation sites excluding steroid dienone is 2. The number of nitrogens with zero attached hydrogens (tertiary/aromatic N) is 4. The average molecular weight is 895 g/mol. The summed E-state index contributed by atoms with van der Waals surface area (Å²) in [6.45, 7) is 13.7. The van der Waals surface area contributed by atoms with Gasteiger partial charge in [0.15, 0.2) is 6.73 Å². The molecule has 2 N–H and O–H groups in total. The van der Waals surface area contributed by atoms with Gasteiger partial charge in [-0.2, -0.15) is 0 Å². The van der Waals surface area contributed by atoms with Crippen LogP contribution in [0.25, 0.3) is 34.0 Å². The van der Waals surface area contributed by atoms with Gasteiger partial charge >= 0.3 is 35.5 Å². The summed E-state index contributed by atoms with van der Waals surface area (Å²) in [6.07, 6.45) is 7.70. The predicted molar refractivity (Wildman–Crippen MR) is 245 cm³/mol. The van der Waals surface area contributed by atoms with Gasteiger partial charge in [-0.1, -0.05) is 36.4 Å². The van der Waals surface area contributed by atoms with Gasteiger partial charge < -0.3 is 37.9 Å². The monoisotopic (exact) mass is 894 g/mol. The minimum absolute atomic E-state index is 0. The second-order valence-electron chi connectivity index (χ2n) is 16.4. The molecule has 0 radical (unpaired) electrons. The molecule has 8 rings (SSSR count). The van der Waals surface area contributed by atoms with E-state index in [0.29, 0.717) is 22.9 Å². The number of esters is 1. The Morgan fingerprint density at radius 2 is 1.19 bits per heavy atom. The largest absolute Gasteiger partial charge is 1.00 e. The van der Waals surface area contributed by atoms with Crippen molar-refractivity contribution in [1.82, 2.24) is 19.1 Å². The topological polar surface area (TPSA) is 177 Å². The van der Waals surface area contributed by atoms with Crippen LogP contribution >= 0.6 is 0 Å². The van der Waals surface area contributed by atoms with Crippen molar-refractivity contribution in [3.63, 3.8) is 0 Å². The van der Waals surface area contributed by atoms with Crippen molar-refractivity contribution in [2.45, 2.75) is 61.7 Å². The number of rotatable bonds is 12. The number of aromatic nitrogens is 4. The zero-order valence-electron chi connectivity index (χ0n) is 37.8. The van der Waals surface area contributed by atoms with Crippen molar-refractivity contribution >= 4 is 61.7 Å². The quantitative estimate of drug-likeness (QED) is 0.0656. The molecule has 0 saturated heterocycles. The number of carbonyl (C=O) groups is 1. The minimum Gasteiger partial charge on any atom is -0.726 e. The minimum atomic E-state index is -4.76. The predicted octanol–water partition coefficient (Wildman–Crippen LogP) is 5.95. The fraction of sp³-hybridized carbons (Fsp3) is 0.271. The zero-order chi connectivity index (χ0) is 45.2. The number of para-hydroxylation sites is 2. The van der Waals surface area contributed by atoms with Gasteiger partial charge in [0.05, 0.1) is 54.6 Å². The second kappa shape index (κ2) is 19.6. The first-order chi connectivity index (χ1) is 29.9. The third kappa shape index (κ3) is 10.8. The van der Waals surface area contributed by atoms with Crippen LogP contribution < -0.4 is 29.6 Å². The number of ether oxygens (including phenoxy) is 3. The Morgan fingerprint density at radius 1 is 0.734 bits per heavy atom. The van der Waals surface area contributed by atoms with Crippen molar-refractivity contribution in [3.8, 4) is 0 Å². The number of aryl methyl sites for hydroxylation is 4. The van der Waals surface area contributed by atoms with Crippen molar-refractivity contribution in [3.05, 3.63) is 153 Å². The summed E-state index contributed by atoms with van der Waals surface area (Å²) in [5, 5.41) is 2.02. The molecule has 0 atom stereocenters. The van der Waals surface area contributed by atoms with Gasteiger partial charge in [-0.25, -0.2) is 18.4 Å². The van der Waals surface area contributed by atoms with Crippen LogP contribution in [0.4, 0.5) is 0 Å². The fourth-order valence-corrected chi connectivity index (χ4v) is 7.77. The van der Waals surface area contributed by atoms with E-state index in [0.717, 1.165) is 78.5 Å². The number of methoxy groups -OCH3 is 2. The molecule has 0 unspecified atom stereocenters. The van der Waals surface area contributed by atoms with Gasteiger partial charge in [-0.05, 0) is 108 Å². The maximum Gasteiger partial charge on any atom is 1.00 e. The molecule has 0 amide bonds. The standard InChI is InChI=1S/C26H29N3O3.C22H23N3O5S.Na/c1-16-11-17(2)27-19(16)13-21-24(31-6)14-20(28-21)23-12-18-9-7-8-10-22(18)29(23)15-32-25(30)26(3,4)5;1-14-10-15(2)23-17(14)12-19-22(29-3)13-18(24-19)21-11-16-6-4-5-7-20(16)25(21)8-9-30-31(26,27)28;/h7-14,27H,15H2,1-6H3;4-7,10-13,23H,8-9H2,1-3H3,(H,26,27,28);/q;;+1/p-1/b21-13-;19-12-;. The molecule has 14 nitrogen and oxygen atoms in total. The van der Waals surface area contributed by atoms with Crippen LogP contribution in [0.3, 0.4) is 0 Å². The molecular weight excluding hydrogens is 844 g/mol.